The molecule has 4 nitrogen and oxygen atoms in total. The molecule has 0 saturated carbocycles. The van der Waals surface area contributed by atoms with Crippen molar-refractivity contribution in [3.63, 3.8) is 0 Å². The molecule has 0 aromatic rings. The molecule has 1 N–H and O–H groups in total. The SMILES string of the molecule is CCC(N1CCCC1=O)C(C)(C)C1=NCCN1. The number of carbonyl (C=O) groups is 1. The molecule has 0 aromatic carbocycles. The number of likely N-dealkylation sites (tertiary alicyclic amines) is 1. The second kappa shape index (κ2) is 4.67. The topological polar surface area (TPSA) is 44.7 Å². The Morgan fingerprint density at radius 1 is 1.53 bits per heavy atom. The highest BCUT2D eigenvalue weighted by atomic mass is 16.2. The van der Waals surface area contributed by atoms with Crippen LogP contribution in [0.1, 0.15) is 40.0 Å². The van der Waals surface area contributed by atoms with Crippen LogP contribution in [0.15, 0.2) is 4.99 Å². The summed E-state index contributed by atoms with van der Waals surface area (Å²) >= 11 is 0. The van der Waals surface area contributed by atoms with Gasteiger partial charge in [0.1, 0.15) is 5.84 Å². The summed E-state index contributed by atoms with van der Waals surface area (Å²) in [6.07, 6.45) is 2.71. The number of nitrogens with zero attached hydrogens (tertiary/aromatic N) is 2. The second-order valence-electron chi connectivity index (χ2n) is 5.49. The van der Waals surface area contributed by atoms with Crippen LogP contribution in [-0.4, -0.2) is 42.3 Å². The van der Waals surface area contributed by atoms with Gasteiger partial charge in [0.15, 0.2) is 0 Å². The van der Waals surface area contributed by atoms with E-state index in [0.717, 1.165) is 38.3 Å². The summed E-state index contributed by atoms with van der Waals surface area (Å²) in [6, 6.07) is 0.266. The highest BCUT2D eigenvalue weighted by molar-refractivity contribution is 5.90. The normalized spacial score (nSPS) is 22.6. The zero-order valence-corrected chi connectivity index (χ0v) is 11.1. The van der Waals surface area contributed by atoms with Gasteiger partial charge in [-0.1, -0.05) is 20.8 Å². The predicted molar refractivity (Wildman–Crippen MR) is 69.1 cm³/mol. The molecule has 0 radical (unpaired) electrons. The fraction of sp³-hybridized carbons (Fsp3) is 0.846. The first-order chi connectivity index (χ1) is 8.07. The average Bonchev–Trinajstić information content (AvgIpc) is 2.91. The predicted octanol–water partition coefficient (Wildman–Crippen LogP) is 1.42. The Kier molecular flexibility index (Phi) is 3.40. The van der Waals surface area contributed by atoms with Gasteiger partial charge in [0.05, 0.1) is 6.54 Å². The standard InChI is InChI=1S/C13H23N3O/c1-4-10(16-9-5-6-11(16)17)13(2,3)12-14-7-8-15-12/h10H,4-9H2,1-3H3,(H,14,15). The van der Waals surface area contributed by atoms with Crippen molar-refractivity contribution in [3.8, 4) is 0 Å². The number of carbonyl (C=O) groups excluding carboxylic acids is 1. The van der Waals surface area contributed by atoms with E-state index in [1.165, 1.54) is 0 Å². The van der Waals surface area contributed by atoms with Gasteiger partial charge < -0.3 is 10.2 Å². The Bertz CT molecular complexity index is 336. The summed E-state index contributed by atoms with van der Waals surface area (Å²) < 4.78 is 0. The maximum Gasteiger partial charge on any atom is 0.222 e. The minimum atomic E-state index is -0.0642. The van der Waals surface area contributed by atoms with Gasteiger partial charge in [-0.15, -0.1) is 0 Å². The maximum atomic E-state index is 11.9. The van der Waals surface area contributed by atoms with Crippen molar-refractivity contribution in [2.75, 3.05) is 19.6 Å². The first-order valence-electron chi connectivity index (χ1n) is 6.65. The zero-order chi connectivity index (χ0) is 12.5. The molecule has 2 rings (SSSR count). The lowest BCUT2D eigenvalue weighted by molar-refractivity contribution is -0.131. The lowest BCUT2D eigenvalue weighted by Gasteiger charge is -2.40. The number of nitrogens with one attached hydrogen (secondary N) is 1. The van der Waals surface area contributed by atoms with Crippen molar-refractivity contribution in [1.82, 2.24) is 10.2 Å². The van der Waals surface area contributed by atoms with E-state index in [1.807, 2.05) is 0 Å². The second-order valence-corrected chi connectivity index (χ2v) is 5.49. The number of hydrogen-bond acceptors (Lipinski definition) is 3. The highest BCUT2D eigenvalue weighted by Crippen LogP contribution is 2.32. The molecule has 96 valence electrons. The van der Waals surface area contributed by atoms with Gasteiger partial charge in [0.2, 0.25) is 5.91 Å². The Balaban J connectivity index is 2.19. The molecule has 4 heteroatoms. The molecule has 2 aliphatic heterocycles. The van der Waals surface area contributed by atoms with E-state index < -0.39 is 0 Å². The van der Waals surface area contributed by atoms with Crippen LogP contribution in [0.3, 0.4) is 0 Å². The molecule has 0 aliphatic carbocycles. The molecular formula is C13H23N3O. The summed E-state index contributed by atoms with van der Waals surface area (Å²) in [4.78, 5) is 18.5. The van der Waals surface area contributed by atoms with E-state index in [9.17, 15) is 4.79 Å². The Hall–Kier alpha value is -1.06. The summed E-state index contributed by atoms with van der Waals surface area (Å²) in [7, 11) is 0. The lowest BCUT2D eigenvalue weighted by Crippen LogP contribution is -2.51. The number of amidine groups is 1. The van der Waals surface area contributed by atoms with E-state index in [-0.39, 0.29) is 11.5 Å². The molecule has 0 bridgehead atoms. The van der Waals surface area contributed by atoms with Crippen LogP contribution in [-0.2, 0) is 4.79 Å². The van der Waals surface area contributed by atoms with E-state index in [2.05, 4.69) is 36.0 Å². The summed E-state index contributed by atoms with van der Waals surface area (Å²) in [5.74, 6) is 1.38. The number of aliphatic imine (C=N–C) groups is 1. The van der Waals surface area contributed by atoms with Crippen molar-refractivity contribution in [2.24, 2.45) is 10.4 Å². The molecule has 17 heavy (non-hydrogen) atoms. The van der Waals surface area contributed by atoms with Crippen LogP contribution in [0, 0.1) is 5.41 Å². The molecule has 2 aliphatic rings. The third-order valence-corrected chi connectivity index (χ3v) is 3.99. The molecule has 1 atom stereocenters. The maximum absolute atomic E-state index is 11.9. The fourth-order valence-corrected chi connectivity index (χ4v) is 3.11. The Morgan fingerprint density at radius 3 is 2.76 bits per heavy atom. The largest absolute Gasteiger partial charge is 0.371 e. The lowest BCUT2D eigenvalue weighted by atomic mass is 9.80. The third kappa shape index (κ3) is 2.17. The first kappa shape index (κ1) is 12.4. The molecule has 1 fully saturated rings. The van der Waals surface area contributed by atoms with E-state index in [0.29, 0.717) is 12.3 Å². The van der Waals surface area contributed by atoms with Gasteiger partial charge in [-0.25, -0.2) is 0 Å². The summed E-state index contributed by atoms with van der Waals surface area (Å²) in [5.41, 5.74) is -0.0642. The molecule has 0 aromatic heterocycles. The molecule has 0 spiro atoms. The molecular weight excluding hydrogens is 214 g/mol. The van der Waals surface area contributed by atoms with Gasteiger partial charge in [-0.3, -0.25) is 9.79 Å². The van der Waals surface area contributed by atoms with Crippen LogP contribution >= 0.6 is 0 Å². The van der Waals surface area contributed by atoms with Crippen molar-refractivity contribution in [1.29, 1.82) is 0 Å². The van der Waals surface area contributed by atoms with Crippen molar-refractivity contribution in [2.45, 2.75) is 46.1 Å². The minimum Gasteiger partial charge on any atom is -0.371 e. The van der Waals surface area contributed by atoms with Crippen molar-refractivity contribution >= 4 is 11.7 Å². The van der Waals surface area contributed by atoms with Crippen molar-refractivity contribution < 1.29 is 4.79 Å². The third-order valence-electron chi connectivity index (χ3n) is 3.99. The van der Waals surface area contributed by atoms with Crippen LogP contribution in [0.4, 0.5) is 0 Å². The highest BCUT2D eigenvalue weighted by Gasteiger charge is 2.41. The van der Waals surface area contributed by atoms with Crippen LogP contribution < -0.4 is 5.32 Å². The van der Waals surface area contributed by atoms with Gasteiger partial charge in [0.25, 0.3) is 0 Å². The Morgan fingerprint density at radius 2 is 2.29 bits per heavy atom. The van der Waals surface area contributed by atoms with Crippen LogP contribution in [0.2, 0.25) is 0 Å². The molecule has 2 heterocycles. The smallest absolute Gasteiger partial charge is 0.222 e. The fourth-order valence-electron chi connectivity index (χ4n) is 3.11. The van der Waals surface area contributed by atoms with Gasteiger partial charge in [-0.2, -0.15) is 0 Å². The monoisotopic (exact) mass is 237 g/mol. The number of rotatable bonds is 4. The zero-order valence-electron chi connectivity index (χ0n) is 11.1. The first-order valence-corrected chi connectivity index (χ1v) is 6.65. The summed E-state index contributed by atoms with van der Waals surface area (Å²) in [5, 5.41) is 3.36. The minimum absolute atomic E-state index is 0.0642. The Labute approximate surface area is 103 Å². The van der Waals surface area contributed by atoms with Gasteiger partial charge >= 0.3 is 0 Å². The molecule has 1 saturated heterocycles. The van der Waals surface area contributed by atoms with Gasteiger partial charge in [-0.05, 0) is 12.8 Å². The van der Waals surface area contributed by atoms with Crippen LogP contribution in [0.25, 0.3) is 0 Å². The quantitative estimate of drug-likeness (QED) is 0.803. The van der Waals surface area contributed by atoms with Gasteiger partial charge in [0, 0.05) is 31.0 Å². The molecule has 1 amide bonds. The van der Waals surface area contributed by atoms with Crippen molar-refractivity contribution in [3.05, 3.63) is 0 Å². The number of hydrogen-bond donors (Lipinski definition) is 1. The van der Waals surface area contributed by atoms with E-state index in [4.69, 9.17) is 0 Å². The van der Waals surface area contributed by atoms with E-state index in [1.54, 1.807) is 0 Å². The average molecular weight is 237 g/mol. The molecule has 1 unspecified atom stereocenters. The van der Waals surface area contributed by atoms with E-state index >= 15 is 0 Å². The summed E-state index contributed by atoms with van der Waals surface area (Å²) in [6.45, 7) is 9.27. The van der Waals surface area contributed by atoms with Crippen LogP contribution in [0.5, 0.6) is 0 Å². The number of amides is 1.